The van der Waals surface area contributed by atoms with Crippen molar-refractivity contribution >= 4 is 23.5 Å². The summed E-state index contributed by atoms with van der Waals surface area (Å²) >= 11 is 1.39. The Kier molecular flexibility index (Phi) is 6.64. The summed E-state index contributed by atoms with van der Waals surface area (Å²) in [7, 11) is 0. The number of alkyl halides is 3. The first-order chi connectivity index (χ1) is 15.7. The van der Waals surface area contributed by atoms with Gasteiger partial charge in [0.05, 0.1) is 11.3 Å². The fraction of sp³-hybridized carbons (Fsp3) is 0.348. The molecule has 1 saturated heterocycles. The number of benzene rings is 1. The molecule has 1 amide bonds. The molecule has 0 saturated carbocycles. The van der Waals surface area contributed by atoms with E-state index < -0.39 is 11.7 Å². The molecule has 0 atom stereocenters. The Bertz CT molecular complexity index is 1120. The number of aromatic nitrogens is 3. The van der Waals surface area contributed by atoms with E-state index in [1.54, 1.807) is 11.1 Å². The summed E-state index contributed by atoms with van der Waals surface area (Å²) in [4.78, 5) is 24.8. The van der Waals surface area contributed by atoms with E-state index in [-0.39, 0.29) is 11.7 Å². The molecular formula is C23H24F3N5OS. The van der Waals surface area contributed by atoms with Gasteiger partial charge in [0.15, 0.2) is 5.16 Å². The number of pyridine rings is 1. The number of rotatable bonds is 5. The molecule has 0 unspecified atom stereocenters. The first kappa shape index (κ1) is 23.2. The summed E-state index contributed by atoms with van der Waals surface area (Å²) < 4.78 is 40.1. The lowest BCUT2D eigenvalue weighted by Crippen LogP contribution is -2.49. The predicted molar refractivity (Wildman–Crippen MR) is 122 cm³/mol. The Balaban J connectivity index is 1.31. The summed E-state index contributed by atoms with van der Waals surface area (Å²) in [5, 5.41) is 0.749. The summed E-state index contributed by atoms with van der Waals surface area (Å²) in [5.41, 5.74) is 2.64. The van der Waals surface area contributed by atoms with Crippen molar-refractivity contribution in [2.45, 2.75) is 25.2 Å². The minimum Gasteiger partial charge on any atom is -0.353 e. The maximum atomic E-state index is 12.7. The zero-order valence-electron chi connectivity index (χ0n) is 18.3. The molecule has 2 aromatic heterocycles. The molecule has 1 aliphatic heterocycles. The minimum absolute atomic E-state index is 0.00895. The largest absolute Gasteiger partial charge is 0.417 e. The summed E-state index contributed by atoms with van der Waals surface area (Å²) in [6, 6.07) is 8.61. The van der Waals surface area contributed by atoms with Crippen LogP contribution in [0.4, 0.5) is 19.0 Å². The fourth-order valence-corrected chi connectivity index (χ4v) is 4.49. The zero-order chi connectivity index (χ0) is 23.6. The zero-order valence-corrected chi connectivity index (χ0v) is 19.2. The van der Waals surface area contributed by atoms with E-state index in [0.717, 1.165) is 23.1 Å². The molecule has 0 spiro atoms. The summed E-state index contributed by atoms with van der Waals surface area (Å²) in [6.07, 6.45) is 0.0487. The molecular weight excluding hydrogens is 451 g/mol. The molecule has 1 aliphatic rings. The van der Waals surface area contributed by atoms with Crippen molar-refractivity contribution in [2.75, 3.05) is 36.8 Å². The third-order valence-electron chi connectivity index (χ3n) is 5.73. The van der Waals surface area contributed by atoms with Crippen LogP contribution in [0.15, 0.2) is 54.1 Å². The number of amides is 1. The highest BCUT2D eigenvalue weighted by molar-refractivity contribution is 7.99. The van der Waals surface area contributed by atoms with Crippen LogP contribution in [0.2, 0.25) is 0 Å². The van der Waals surface area contributed by atoms with Crippen LogP contribution >= 0.6 is 11.8 Å². The molecule has 0 bridgehead atoms. The molecule has 3 heterocycles. The monoisotopic (exact) mass is 475 g/mol. The van der Waals surface area contributed by atoms with Crippen molar-refractivity contribution in [3.8, 4) is 5.69 Å². The molecule has 33 heavy (non-hydrogen) atoms. The van der Waals surface area contributed by atoms with E-state index in [0.29, 0.717) is 32.0 Å². The van der Waals surface area contributed by atoms with E-state index in [4.69, 9.17) is 0 Å². The molecule has 1 aromatic carbocycles. The second kappa shape index (κ2) is 9.46. The predicted octanol–water partition coefficient (Wildman–Crippen LogP) is 4.34. The number of hydrogen-bond donors (Lipinski definition) is 0. The van der Waals surface area contributed by atoms with Crippen LogP contribution in [0.3, 0.4) is 0 Å². The fourth-order valence-electron chi connectivity index (χ4n) is 3.61. The lowest BCUT2D eigenvalue weighted by atomic mass is 10.1. The SMILES string of the molecule is Cc1ccc(-n2ccnc2SCC(=O)N2CCN(c3ccc(C(F)(F)F)cn3)CC2)cc1C. The maximum absolute atomic E-state index is 12.7. The molecule has 4 rings (SSSR count). The second-order valence-electron chi connectivity index (χ2n) is 7.91. The first-order valence-electron chi connectivity index (χ1n) is 10.5. The van der Waals surface area contributed by atoms with Crippen molar-refractivity contribution in [1.29, 1.82) is 0 Å². The molecule has 3 aromatic rings. The Hall–Kier alpha value is -3.01. The van der Waals surface area contributed by atoms with E-state index in [1.807, 2.05) is 21.7 Å². The van der Waals surface area contributed by atoms with Crippen LogP contribution in [0.5, 0.6) is 0 Å². The number of aryl methyl sites for hydroxylation is 2. The van der Waals surface area contributed by atoms with Crippen LogP contribution in [-0.2, 0) is 11.0 Å². The molecule has 6 nitrogen and oxygen atoms in total. The number of piperazine rings is 1. The van der Waals surface area contributed by atoms with Gasteiger partial charge in [0.2, 0.25) is 5.91 Å². The van der Waals surface area contributed by atoms with Crippen molar-refractivity contribution in [3.63, 3.8) is 0 Å². The van der Waals surface area contributed by atoms with E-state index in [1.165, 1.54) is 29.0 Å². The van der Waals surface area contributed by atoms with Gasteiger partial charge in [0.1, 0.15) is 5.82 Å². The third-order valence-corrected chi connectivity index (χ3v) is 6.68. The smallest absolute Gasteiger partial charge is 0.353 e. The van der Waals surface area contributed by atoms with Gasteiger partial charge in [-0.3, -0.25) is 9.36 Å². The van der Waals surface area contributed by atoms with Gasteiger partial charge in [0.25, 0.3) is 0 Å². The van der Waals surface area contributed by atoms with Crippen molar-refractivity contribution < 1.29 is 18.0 Å². The number of imidazole rings is 1. The van der Waals surface area contributed by atoms with Crippen LogP contribution in [0.1, 0.15) is 16.7 Å². The quantitative estimate of drug-likeness (QED) is 0.514. The molecule has 174 valence electrons. The van der Waals surface area contributed by atoms with E-state index >= 15 is 0 Å². The number of carbonyl (C=O) groups excluding carboxylic acids is 1. The van der Waals surface area contributed by atoms with Gasteiger partial charge >= 0.3 is 6.18 Å². The highest BCUT2D eigenvalue weighted by Crippen LogP contribution is 2.29. The van der Waals surface area contributed by atoms with Gasteiger partial charge in [-0.1, -0.05) is 17.8 Å². The lowest BCUT2D eigenvalue weighted by Gasteiger charge is -2.35. The average molecular weight is 476 g/mol. The van der Waals surface area contributed by atoms with E-state index in [2.05, 4.69) is 35.9 Å². The topological polar surface area (TPSA) is 54.3 Å². The molecule has 10 heteroatoms. The number of halogens is 3. The Morgan fingerprint density at radius 3 is 2.42 bits per heavy atom. The number of thioether (sulfide) groups is 1. The summed E-state index contributed by atoms with van der Waals surface area (Å²) in [6.45, 7) is 6.15. The Morgan fingerprint density at radius 1 is 1.03 bits per heavy atom. The number of hydrogen-bond acceptors (Lipinski definition) is 5. The first-order valence-corrected chi connectivity index (χ1v) is 11.5. The maximum Gasteiger partial charge on any atom is 0.417 e. The summed E-state index contributed by atoms with van der Waals surface area (Å²) in [5.74, 6) is 0.759. The van der Waals surface area contributed by atoms with Crippen molar-refractivity contribution in [3.05, 3.63) is 65.6 Å². The highest BCUT2D eigenvalue weighted by atomic mass is 32.2. The van der Waals surface area contributed by atoms with Gasteiger partial charge in [-0.15, -0.1) is 0 Å². The van der Waals surface area contributed by atoms with Crippen LogP contribution in [-0.4, -0.2) is 57.3 Å². The average Bonchev–Trinajstić information content (AvgIpc) is 3.27. The van der Waals surface area contributed by atoms with Gasteiger partial charge < -0.3 is 9.80 Å². The molecule has 0 radical (unpaired) electrons. The van der Waals surface area contributed by atoms with E-state index in [9.17, 15) is 18.0 Å². The molecule has 0 N–H and O–H groups in total. The minimum atomic E-state index is -4.40. The number of anilines is 1. The van der Waals surface area contributed by atoms with Crippen molar-refractivity contribution in [2.24, 2.45) is 0 Å². The standard InChI is InChI=1S/C23H24F3N5OS/c1-16-3-5-19(13-17(16)2)31-8-7-27-22(31)33-15-21(32)30-11-9-29(10-12-30)20-6-4-18(14-28-20)23(24,25)26/h3-8,13-14H,9-12,15H2,1-2H3. The van der Waals surface area contributed by atoms with Crippen LogP contribution in [0.25, 0.3) is 5.69 Å². The Labute approximate surface area is 194 Å². The lowest BCUT2D eigenvalue weighted by molar-refractivity contribution is -0.137. The van der Waals surface area contributed by atoms with Gasteiger partial charge in [-0.2, -0.15) is 13.2 Å². The second-order valence-corrected chi connectivity index (χ2v) is 8.85. The third kappa shape index (κ3) is 5.32. The normalized spacial score (nSPS) is 14.6. The van der Waals surface area contributed by atoms with Crippen LogP contribution in [0, 0.1) is 13.8 Å². The molecule has 1 fully saturated rings. The van der Waals surface area contributed by atoms with Gasteiger partial charge in [0, 0.05) is 50.5 Å². The highest BCUT2D eigenvalue weighted by Gasteiger charge is 2.31. The number of carbonyl (C=O) groups is 1. The molecule has 0 aliphatic carbocycles. The van der Waals surface area contributed by atoms with Crippen molar-refractivity contribution in [1.82, 2.24) is 19.4 Å². The van der Waals surface area contributed by atoms with Gasteiger partial charge in [-0.05, 0) is 49.2 Å². The van der Waals surface area contributed by atoms with Gasteiger partial charge in [-0.25, -0.2) is 9.97 Å². The van der Waals surface area contributed by atoms with Crippen LogP contribution < -0.4 is 4.90 Å². The Morgan fingerprint density at radius 2 is 1.79 bits per heavy atom. The number of nitrogens with zero attached hydrogens (tertiary/aromatic N) is 5.